The van der Waals surface area contributed by atoms with Gasteiger partial charge in [-0.25, -0.2) is 0 Å². The van der Waals surface area contributed by atoms with E-state index in [1.165, 1.54) is 25.7 Å². The monoisotopic (exact) mass is 275 g/mol. The summed E-state index contributed by atoms with van der Waals surface area (Å²) < 4.78 is 0. The molecule has 1 aromatic carbocycles. The van der Waals surface area contributed by atoms with Crippen LogP contribution < -0.4 is 5.32 Å². The molecule has 0 bridgehead atoms. The van der Waals surface area contributed by atoms with E-state index in [9.17, 15) is 10.1 Å². The summed E-state index contributed by atoms with van der Waals surface area (Å²) >= 11 is 0. The van der Waals surface area contributed by atoms with Crippen LogP contribution in [0.4, 0.5) is 5.69 Å². The lowest BCUT2D eigenvalue weighted by molar-refractivity contribution is -0.384. The molecule has 1 aliphatic carbocycles. The van der Waals surface area contributed by atoms with Crippen molar-refractivity contribution in [3.05, 3.63) is 39.9 Å². The number of nitro benzene ring substituents is 1. The van der Waals surface area contributed by atoms with E-state index < -0.39 is 0 Å². The molecule has 1 aromatic rings. The van der Waals surface area contributed by atoms with E-state index in [1.807, 2.05) is 12.1 Å². The van der Waals surface area contributed by atoms with Crippen molar-refractivity contribution in [3.63, 3.8) is 0 Å². The summed E-state index contributed by atoms with van der Waals surface area (Å²) in [6.07, 6.45) is 5.40. The van der Waals surface area contributed by atoms with Gasteiger partial charge in [-0.3, -0.25) is 20.3 Å². The summed E-state index contributed by atoms with van der Waals surface area (Å²) in [7, 11) is 2.13. The lowest BCUT2D eigenvalue weighted by atomic mass is 9.82. The van der Waals surface area contributed by atoms with E-state index in [0.29, 0.717) is 6.04 Å². The summed E-state index contributed by atoms with van der Waals surface area (Å²) in [5.41, 5.74) is 1.27. The first-order chi connectivity index (χ1) is 9.65. The van der Waals surface area contributed by atoms with Gasteiger partial charge >= 0.3 is 0 Å². The summed E-state index contributed by atoms with van der Waals surface area (Å²) in [4.78, 5) is 12.7. The molecule has 2 aliphatic rings. The van der Waals surface area contributed by atoms with E-state index in [4.69, 9.17) is 0 Å². The fourth-order valence-corrected chi connectivity index (χ4v) is 3.58. The van der Waals surface area contributed by atoms with Crippen LogP contribution in [0.3, 0.4) is 0 Å². The molecule has 2 fully saturated rings. The number of nitro groups is 1. The van der Waals surface area contributed by atoms with Crippen molar-refractivity contribution in [2.45, 2.75) is 37.9 Å². The Morgan fingerprint density at radius 1 is 1.25 bits per heavy atom. The average molecular weight is 275 g/mol. The van der Waals surface area contributed by atoms with Crippen LogP contribution in [0.5, 0.6) is 0 Å². The lowest BCUT2D eigenvalue weighted by Crippen LogP contribution is -2.54. The van der Waals surface area contributed by atoms with Crippen LogP contribution in [0.2, 0.25) is 0 Å². The zero-order chi connectivity index (χ0) is 14.1. The van der Waals surface area contributed by atoms with E-state index in [-0.39, 0.29) is 16.8 Å². The highest BCUT2D eigenvalue weighted by molar-refractivity contribution is 5.34. The zero-order valence-corrected chi connectivity index (χ0v) is 11.8. The Balaban J connectivity index is 1.77. The first-order valence-corrected chi connectivity index (χ1v) is 7.36. The SMILES string of the molecule is CN1C[C@@H]2CCCC[C@H]2N[C@H]1c1ccc([N+](=O)[O-])cc1. The van der Waals surface area contributed by atoms with Crippen LogP contribution >= 0.6 is 0 Å². The number of nitrogens with one attached hydrogen (secondary N) is 1. The van der Waals surface area contributed by atoms with Gasteiger partial charge in [0, 0.05) is 24.7 Å². The Bertz CT molecular complexity index is 488. The Labute approximate surface area is 119 Å². The van der Waals surface area contributed by atoms with Gasteiger partial charge in [0.1, 0.15) is 0 Å². The molecule has 1 saturated heterocycles. The topological polar surface area (TPSA) is 58.4 Å². The van der Waals surface area contributed by atoms with Crippen molar-refractivity contribution in [1.29, 1.82) is 0 Å². The second-order valence-corrected chi connectivity index (χ2v) is 6.01. The second-order valence-electron chi connectivity index (χ2n) is 6.01. The van der Waals surface area contributed by atoms with Gasteiger partial charge in [-0.1, -0.05) is 12.8 Å². The van der Waals surface area contributed by atoms with Crippen molar-refractivity contribution in [3.8, 4) is 0 Å². The van der Waals surface area contributed by atoms with Crippen LogP contribution in [0, 0.1) is 16.0 Å². The quantitative estimate of drug-likeness (QED) is 0.666. The van der Waals surface area contributed by atoms with Crippen molar-refractivity contribution < 1.29 is 4.92 Å². The summed E-state index contributed by atoms with van der Waals surface area (Å²) in [6, 6.07) is 7.53. The molecule has 20 heavy (non-hydrogen) atoms. The lowest BCUT2D eigenvalue weighted by Gasteiger charge is -2.45. The molecular weight excluding hydrogens is 254 g/mol. The van der Waals surface area contributed by atoms with Gasteiger partial charge in [0.2, 0.25) is 0 Å². The molecule has 5 nitrogen and oxygen atoms in total. The highest BCUT2D eigenvalue weighted by atomic mass is 16.6. The van der Waals surface area contributed by atoms with Crippen LogP contribution in [-0.4, -0.2) is 29.5 Å². The number of hydrogen-bond acceptors (Lipinski definition) is 4. The van der Waals surface area contributed by atoms with Crippen LogP contribution in [0.15, 0.2) is 24.3 Å². The highest BCUT2D eigenvalue weighted by Gasteiger charge is 2.35. The molecule has 3 rings (SSSR count). The van der Waals surface area contributed by atoms with E-state index in [1.54, 1.807) is 12.1 Å². The first-order valence-electron chi connectivity index (χ1n) is 7.36. The normalized spacial score (nSPS) is 30.8. The Kier molecular flexibility index (Phi) is 3.72. The minimum Gasteiger partial charge on any atom is -0.295 e. The molecule has 0 amide bonds. The molecule has 0 unspecified atom stereocenters. The number of non-ortho nitro benzene ring substituents is 1. The van der Waals surface area contributed by atoms with Gasteiger partial charge in [0.25, 0.3) is 5.69 Å². The highest BCUT2D eigenvalue weighted by Crippen LogP contribution is 2.33. The minimum absolute atomic E-state index is 0.155. The van der Waals surface area contributed by atoms with E-state index in [2.05, 4.69) is 17.3 Å². The predicted molar refractivity (Wildman–Crippen MR) is 77.3 cm³/mol. The Hall–Kier alpha value is -1.46. The molecule has 108 valence electrons. The van der Waals surface area contributed by atoms with Crippen molar-refractivity contribution in [2.24, 2.45) is 5.92 Å². The van der Waals surface area contributed by atoms with Crippen molar-refractivity contribution in [1.82, 2.24) is 10.2 Å². The molecule has 0 spiro atoms. The maximum atomic E-state index is 10.7. The van der Waals surface area contributed by atoms with Gasteiger partial charge in [-0.05, 0) is 43.5 Å². The predicted octanol–water partition coefficient (Wildman–Crippen LogP) is 2.69. The van der Waals surface area contributed by atoms with Gasteiger partial charge in [0.15, 0.2) is 0 Å². The van der Waals surface area contributed by atoms with Crippen molar-refractivity contribution in [2.75, 3.05) is 13.6 Å². The maximum Gasteiger partial charge on any atom is 0.269 e. The standard InChI is InChI=1S/C15H21N3O2/c1-17-10-12-4-2-3-5-14(12)16-15(17)11-6-8-13(9-7-11)18(19)20/h6-9,12,14-16H,2-5,10H2,1H3/t12-,14+,15+/m0/s1. The van der Waals surface area contributed by atoms with E-state index in [0.717, 1.165) is 18.0 Å². The number of rotatable bonds is 2. The summed E-state index contributed by atoms with van der Waals surface area (Å²) in [5, 5.41) is 14.4. The third-order valence-corrected chi connectivity index (χ3v) is 4.66. The molecule has 5 heteroatoms. The molecule has 1 saturated carbocycles. The van der Waals surface area contributed by atoms with Gasteiger partial charge in [0.05, 0.1) is 11.1 Å². The smallest absolute Gasteiger partial charge is 0.269 e. The largest absolute Gasteiger partial charge is 0.295 e. The molecular formula is C15H21N3O2. The first kappa shape index (κ1) is 13.5. The van der Waals surface area contributed by atoms with Crippen LogP contribution in [0.25, 0.3) is 0 Å². The summed E-state index contributed by atoms with van der Waals surface area (Å²) in [6.45, 7) is 1.11. The summed E-state index contributed by atoms with van der Waals surface area (Å²) in [5.74, 6) is 0.753. The van der Waals surface area contributed by atoms with Crippen molar-refractivity contribution >= 4 is 5.69 Å². The molecule has 3 atom stereocenters. The minimum atomic E-state index is -0.348. The fraction of sp³-hybridized carbons (Fsp3) is 0.600. The Morgan fingerprint density at radius 3 is 2.65 bits per heavy atom. The molecule has 1 heterocycles. The van der Waals surface area contributed by atoms with E-state index >= 15 is 0 Å². The van der Waals surface area contributed by atoms with Crippen LogP contribution in [-0.2, 0) is 0 Å². The maximum absolute atomic E-state index is 10.7. The third-order valence-electron chi connectivity index (χ3n) is 4.66. The molecule has 1 aliphatic heterocycles. The van der Waals surface area contributed by atoms with Crippen LogP contribution in [0.1, 0.15) is 37.4 Å². The number of fused-ring (bicyclic) bond motifs is 1. The van der Waals surface area contributed by atoms with Gasteiger partial charge in [-0.15, -0.1) is 0 Å². The average Bonchev–Trinajstić information content (AvgIpc) is 2.46. The number of hydrogen-bond donors (Lipinski definition) is 1. The molecule has 0 radical (unpaired) electrons. The molecule has 1 N–H and O–H groups in total. The third kappa shape index (κ3) is 2.55. The van der Waals surface area contributed by atoms with Gasteiger partial charge < -0.3 is 0 Å². The fourth-order valence-electron chi connectivity index (χ4n) is 3.58. The Morgan fingerprint density at radius 2 is 1.95 bits per heavy atom. The second kappa shape index (κ2) is 5.50. The molecule has 0 aromatic heterocycles. The number of benzene rings is 1. The zero-order valence-electron chi connectivity index (χ0n) is 11.8. The number of nitrogens with zero attached hydrogens (tertiary/aromatic N) is 2. The van der Waals surface area contributed by atoms with Gasteiger partial charge in [-0.2, -0.15) is 0 Å².